The Morgan fingerprint density at radius 3 is 2.78 bits per heavy atom. The molecule has 0 spiro atoms. The van der Waals surface area contributed by atoms with Gasteiger partial charge in [0.25, 0.3) is 5.91 Å². The normalized spacial score (nSPS) is 10.1. The molecule has 0 aliphatic carbocycles. The van der Waals surface area contributed by atoms with Crippen LogP contribution in [-0.4, -0.2) is 10.9 Å². The van der Waals surface area contributed by atoms with Crippen molar-refractivity contribution in [2.75, 3.05) is 11.1 Å². The number of nitrogens with one attached hydrogen (secondary N) is 1. The van der Waals surface area contributed by atoms with E-state index in [9.17, 15) is 4.79 Å². The van der Waals surface area contributed by atoms with Crippen molar-refractivity contribution in [3.05, 3.63) is 47.2 Å². The molecule has 0 saturated heterocycles. The molecule has 1 amide bonds. The molecule has 0 fully saturated rings. The quantitative estimate of drug-likeness (QED) is 0.739. The van der Waals surface area contributed by atoms with E-state index in [-0.39, 0.29) is 5.69 Å². The number of rotatable bonds is 3. The Bertz CT molecular complexity index is 600. The van der Waals surface area contributed by atoms with Crippen molar-refractivity contribution < 1.29 is 4.79 Å². The number of carbonyl (C=O) groups excluding carboxylic acids is 1. The van der Waals surface area contributed by atoms with Gasteiger partial charge in [0.15, 0.2) is 0 Å². The third-order valence-electron chi connectivity index (χ3n) is 2.28. The number of amides is 1. The number of pyridine rings is 1. The van der Waals surface area contributed by atoms with E-state index in [4.69, 9.17) is 23.1 Å². The lowest BCUT2D eigenvalue weighted by atomic mass is 10.2. The Morgan fingerprint density at radius 2 is 2.06 bits per heavy atom. The molecular formula is C12H11ClN4O. The summed E-state index contributed by atoms with van der Waals surface area (Å²) in [5.74, 6) is -0.586. The van der Waals surface area contributed by atoms with Gasteiger partial charge in [0.2, 0.25) is 0 Å². The molecule has 0 unspecified atom stereocenters. The minimum Gasteiger partial charge on any atom is -0.399 e. The summed E-state index contributed by atoms with van der Waals surface area (Å²) in [6.07, 6.45) is 1.49. The Balaban J connectivity index is 2.31. The Labute approximate surface area is 109 Å². The van der Waals surface area contributed by atoms with Crippen molar-refractivity contribution in [2.45, 2.75) is 0 Å². The maximum atomic E-state index is 11.0. The van der Waals surface area contributed by atoms with Crippen LogP contribution in [0.1, 0.15) is 10.5 Å². The van der Waals surface area contributed by atoms with E-state index < -0.39 is 5.91 Å². The van der Waals surface area contributed by atoms with Crippen molar-refractivity contribution >= 4 is 34.6 Å². The summed E-state index contributed by atoms with van der Waals surface area (Å²) in [6, 6.07) is 8.34. The fourth-order valence-electron chi connectivity index (χ4n) is 1.44. The molecule has 2 rings (SSSR count). The van der Waals surface area contributed by atoms with Crippen LogP contribution in [0, 0.1) is 0 Å². The molecular weight excluding hydrogens is 252 g/mol. The van der Waals surface area contributed by atoms with E-state index >= 15 is 0 Å². The van der Waals surface area contributed by atoms with Crippen LogP contribution in [0.3, 0.4) is 0 Å². The van der Waals surface area contributed by atoms with Crippen molar-refractivity contribution in [1.82, 2.24) is 4.98 Å². The number of nitrogens with two attached hydrogens (primary N) is 2. The molecule has 1 aromatic carbocycles. The second-order valence-corrected chi connectivity index (χ2v) is 4.07. The fourth-order valence-corrected chi connectivity index (χ4v) is 1.60. The first-order valence-electron chi connectivity index (χ1n) is 5.14. The first-order valence-corrected chi connectivity index (χ1v) is 5.52. The molecule has 0 atom stereocenters. The molecule has 0 radical (unpaired) electrons. The highest BCUT2D eigenvalue weighted by Gasteiger charge is 2.05. The number of hydrogen-bond acceptors (Lipinski definition) is 4. The van der Waals surface area contributed by atoms with Gasteiger partial charge in [0, 0.05) is 17.6 Å². The number of carbonyl (C=O) groups is 1. The van der Waals surface area contributed by atoms with Crippen LogP contribution < -0.4 is 16.8 Å². The van der Waals surface area contributed by atoms with Crippen LogP contribution in [0.25, 0.3) is 0 Å². The average Bonchev–Trinajstić information content (AvgIpc) is 2.34. The molecule has 5 nitrogen and oxygen atoms in total. The molecule has 1 aromatic heterocycles. The number of aromatic nitrogens is 1. The van der Waals surface area contributed by atoms with Crippen molar-refractivity contribution in [1.29, 1.82) is 0 Å². The molecule has 5 N–H and O–H groups in total. The molecule has 0 aliphatic rings. The molecule has 0 bridgehead atoms. The monoisotopic (exact) mass is 262 g/mol. The van der Waals surface area contributed by atoms with Gasteiger partial charge in [0.05, 0.1) is 10.7 Å². The molecule has 2 aromatic rings. The summed E-state index contributed by atoms with van der Waals surface area (Å²) in [4.78, 5) is 14.9. The van der Waals surface area contributed by atoms with Crippen LogP contribution in [0.15, 0.2) is 36.5 Å². The second-order valence-electron chi connectivity index (χ2n) is 3.66. The highest BCUT2D eigenvalue weighted by molar-refractivity contribution is 6.33. The Hall–Kier alpha value is -2.27. The zero-order valence-corrected chi connectivity index (χ0v) is 10.1. The van der Waals surface area contributed by atoms with Crippen molar-refractivity contribution in [3.63, 3.8) is 0 Å². The number of nitrogen functional groups attached to an aromatic ring is 1. The molecule has 18 heavy (non-hydrogen) atoms. The smallest absolute Gasteiger partial charge is 0.267 e. The number of benzene rings is 1. The van der Waals surface area contributed by atoms with E-state index in [0.29, 0.717) is 22.1 Å². The van der Waals surface area contributed by atoms with Gasteiger partial charge in [-0.1, -0.05) is 11.6 Å². The van der Waals surface area contributed by atoms with Crippen LogP contribution in [0.4, 0.5) is 17.1 Å². The van der Waals surface area contributed by atoms with E-state index in [1.807, 2.05) is 0 Å². The summed E-state index contributed by atoms with van der Waals surface area (Å²) >= 11 is 6.02. The van der Waals surface area contributed by atoms with Crippen molar-refractivity contribution in [3.8, 4) is 0 Å². The number of hydrogen-bond donors (Lipinski definition) is 3. The topological polar surface area (TPSA) is 94.0 Å². The predicted octanol–water partition coefficient (Wildman–Crippen LogP) is 2.16. The van der Waals surface area contributed by atoms with Gasteiger partial charge in [-0.3, -0.25) is 9.78 Å². The maximum Gasteiger partial charge on any atom is 0.267 e. The molecule has 0 saturated carbocycles. The van der Waals surface area contributed by atoms with Gasteiger partial charge in [-0.25, -0.2) is 0 Å². The third kappa shape index (κ3) is 2.70. The SMILES string of the molecule is NC(=O)c1cc(Nc2cc(N)ccc2Cl)ccn1. The minimum absolute atomic E-state index is 0.181. The van der Waals surface area contributed by atoms with Gasteiger partial charge >= 0.3 is 0 Å². The number of primary amides is 1. The highest BCUT2D eigenvalue weighted by Crippen LogP contribution is 2.27. The Morgan fingerprint density at radius 1 is 1.28 bits per heavy atom. The third-order valence-corrected chi connectivity index (χ3v) is 2.61. The minimum atomic E-state index is -0.586. The van der Waals surface area contributed by atoms with Gasteiger partial charge in [-0.05, 0) is 30.3 Å². The fraction of sp³-hybridized carbons (Fsp3) is 0. The van der Waals surface area contributed by atoms with Crippen molar-refractivity contribution in [2.24, 2.45) is 5.73 Å². The summed E-state index contributed by atoms with van der Waals surface area (Å²) in [7, 11) is 0. The zero-order chi connectivity index (χ0) is 13.1. The standard InChI is InChI=1S/C12H11ClN4O/c13-9-2-1-7(14)5-10(9)17-8-3-4-16-11(6-8)12(15)18/h1-6H,14H2,(H2,15,18)(H,16,17). The average molecular weight is 263 g/mol. The van der Waals surface area contributed by atoms with E-state index in [1.165, 1.54) is 6.20 Å². The second kappa shape index (κ2) is 4.93. The Kier molecular flexibility index (Phi) is 3.34. The highest BCUT2D eigenvalue weighted by atomic mass is 35.5. The van der Waals surface area contributed by atoms with Crippen LogP contribution in [0.5, 0.6) is 0 Å². The molecule has 6 heteroatoms. The van der Waals surface area contributed by atoms with Crippen LogP contribution in [0.2, 0.25) is 5.02 Å². The number of nitrogens with zero attached hydrogens (tertiary/aromatic N) is 1. The van der Waals surface area contributed by atoms with E-state index in [2.05, 4.69) is 10.3 Å². The summed E-state index contributed by atoms with van der Waals surface area (Å²) in [5.41, 5.74) is 12.9. The summed E-state index contributed by atoms with van der Waals surface area (Å²) in [5, 5.41) is 3.58. The lowest BCUT2D eigenvalue weighted by Crippen LogP contribution is -2.13. The van der Waals surface area contributed by atoms with Gasteiger partial charge in [0.1, 0.15) is 5.69 Å². The lowest BCUT2D eigenvalue weighted by Gasteiger charge is -2.09. The molecule has 92 valence electrons. The predicted molar refractivity (Wildman–Crippen MR) is 71.9 cm³/mol. The van der Waals surface area contributed by atoms with Crippen LogP contribution in [-0.2, 0) is 0 Å². The van der Waals surface area contributed by atoms with E-state index in [0.717, 1.165) is 0 Å². The first-order chi connectivity index (χ1) is 8.56. The maximum absolute atomic E-state index is 11.0. The van der Waals surface area contributed by atoms with E-state index in [1.54, 1.807) is 30.3 Å². The number of halogens is 1. The lowest BCUT2D eigenvalue weighted by molar-refractivity contribution is 0.0995. The first kappa shape index (κ1) is 12.2. The zero-order valence-electron chi connectivity index (χ0n) is 9.35. The van der Waals surface area contributed by atoms with Crippen LogP contribution >= 0.6 is 11.6 Å². The number of anilines is 3. The van der Waals surface area contributed by atoms with Gasteiger partial charge < -0.3 is 16.8 Å². The van der Waals surface area contributed by atoms with Gasteiger partial charge in [-0.15, -0.1) is 0 Å². The largest absolute Gasteiger partial charge is 0.399 e. The molecule has 1 heterocycles. The van der Waals surface area contributed by atoms with Gasteiger partial charge in [-0.2, -0.15) is 0 Å². The summed E-state index contributed by atoms with van der Waals surface area (Å²) < 4.78 is 0. The molecule has 0 aliphatic heterocycles. The summed E-state index contributed by atoms with van der Waals surface area (Å²) in [6.45, 7) is 0.